The molecule has 0 bridgehead atoms. The Morgan fingerprint density at radius 1 is 0.936 bits per heavy atom. The van der Waals surface area contributed by atoms with E-state index >= 15 is 0 Å². The van der Waals surface area contributed by atoms with Gasteiger partial charge < -0.3 is 21.1 Å². The zero-order valence-corrected chi connectivity index (χ0v) is 25.3. The molecular weight excluding hydrogens is 632 g/mol. The van der Waals surface area contributed by atoms with Gasteiger partial charge in [0.05, 0.1) is 28.8 Å². The molecule has 5 rings (SSSR count). The lowest BCUT2D eigenvalue weighted by molar-refractivity contribution is -0.143. The van der Waals surface area contributed by atoms with E-state index in [0.29, 0.717) is 43.0 Å². The molecule has 16 heteroatoms. The highest BCUT2D eigenvalue weighted by molar-refractivity contribution is 5.92. The molecule has 1 saturated carbocycles. The molecule has 0 radical (unpaired) electrons. The van der Waals surface area contributed by atoms with Crippen molar-refractivity contribution in [3.05, 3.63) is 64.8 Å². The minimum Gasteiger partial charge on any atom is -0.465 e. The summed E-state index contributed by atoms with van der Waals surface area (Å²) in [6.45, 7) is 1.97. The van der Waals surface area contributed by atoms with Crippen molar-refractivity contribution in [2.75, 3.05) is 10.6 Å². The lowest BCUT2D eigenvalue weighted by atomic mass is 9.91. The van der Waals surface area contributed by atoms with Gasteiger partial charge in [-0.3, -0.25) is 9.48 Å². The Labute approximate surface area is 264 Å². The fraction of sp³-hybridized carbons (Fsp3) is 0.387. The summed E-state index contributed by atoms with van der Waals surface area (Å²) in [5, 5.41) is 22.3. The van der Waals surface area contributed by atoms with E-state index in [1.165, 1.54) is 4.68 Å². The van der Waals surface area contributed by atoms with Crippen LogP contribution in [0.1, 0.15) is 54.9 Å². The lowest BCUT2D eigenvalue weighted by Crippen LogP contribution is -2.39. The number of halogens is 6. The molecule has 2 aromatic heterocycles. The van der Waals surface area contributed by atoms with Gasteiger partial charge >= 0.3 is 18.4 Å². The predicted octanol–water partition coefficient (Wildman–Crippen LogP) is 6.80. The first-order chi connectivity index (χ1) is 22.1. The van der Waals surface area contributed by atoms with Crippen molar-refractivity contribution in [2.45, 2.75) is 69.9 Å². The molecule has 0 saturated heterocycles. The number of nitrogens with one attached hydrogen (secondary N) is 3. The molecule has 4 N–H and O–H groups in total. The monoisotopic (exact) mass is 663 g/mol. The number of hydrogen-bond acceptors (Lipinski definition) is 6. The van der Waals surface area contributed by atoms with Gasteiger partial charge in [-0.15, -0.1) is 0 Å². The summed E-state index contributed by atoms with van der Waals surface area (Å²) in [7, 11) is 1.63. The number of fused-ring (bicyclic) bond motifs is 1. The summed E-state index contributed by atoms with van der Waals surface area (Å²) >= 11 is 0. The zero-order chi connectivity index (χ0) is 34.1. The smallest absolute Gasteiger partial charge is 0.416 e. The molecule has 1 aliphatic rings. The van der Waals surface area contributed by atoms with Gasteiger partial charge in [0.15, 0.2) is 5.82 Å². The number of aromatic nitrogens is 4. The molecule has 0 atom stereocenters. The van der Waals surface area contributed by atoms with Crippen LogP contribution in [0, 0.1) is 0 Å². The van der Waals surface area contributed by atoms with Gasteiger partial charge in [0.2, 0.25) is 11.9 Å². The van der Waals surface area contributed by atoms with Crippen LogP contribution in [-0.2, 0) is 37.0 Å². The highest BCUT2D eigenvalue weighted by Gasteiger charge is 2.37. The van der Waals surface area contributed by atoms with Gasteiger partial charge in [0, 0.05) is 42.3 Å². The van der Waals surface area contributed by atoms with E-state index in [-0.39, 0.29) is 24.0 Å². The number of carboxylic acid groups (broad SMARTS) is 1. The fourth-order valence-electron chi connectivity index (χ4n) is 5.74. The van der Waals surface area contributed by atoms with E-state index in [4.69, 9.17) is 10.1 Å². The van der Waals surface area contributed by atoms with Crippen LogP contribution >= 0.6 is 0 Å². The highest BCUT2D eigenvalue weighted by Crippen LogP contribution is 2.37. The van der Waals surface area contributed by atoms with Crippen LogP contribution in [-0.4, -0.2) is 48.9 Å². The highest BCUT2D eigenvalue weighted by atomic mass is 19.4. The molecule has 1 aliphatic carbocycles. The minimum absolute atomic E-state index is 0.0118. The Kier molecular flexibility index (Phi) is 9.32. The van der Waals surface area contributed by atoms with Crippen LogP contribution in [0.2, 0.25) is 0 Å². The Morgan fingerprint density at radius 3 is 2.17 bits per heavy atom. The van der Waals surface area contributed by atoms with Crippen molar-refractivity contribution in [1.29, 1.82) is 0 Å². The predicted molar refractivity (Wildman–Crippen MR) is 161 cm³/mol. The summed E-state index contributed by atoms with van der Waals surface area (Å²) in [4.78, 5) is 32.8. The van der Waals surface area contributed by atoms with Crippen LogP contribution < -0.4 is 16.0 Å². The molecule has 4 aromatic rings. The summed E-state index contributed by atoms with van der Waals surface area (Å²) in [6, 6.07) is 6.41. The topological polar surface area (TPSA) is 134 Å². The zero-order valence-electron chi connectivity index (χ0n) is 25.3. The molecule has 2 heterocycles. The number of nitrogens with zero attached hydrogens (tertiary/aromatic N) is 4. The van der Waals surface area contributed by atoms with Crippen molar-refractivity contribution in [3.8, 4) is 11.3 Å². The molecule has 47 heavy (non-hydrogen) atoms. The summed E-state index contributed by atoms with van der Waals surface area (Å²) in [5.41, 5.74) is -0.472. The molecule has 0 spiro atoms. The standard InChI is InChI=1S/C31H31F6N7O3/c1-3-17-11-18(12-19-15-38-28(42-27(17)19)39-22-4-6-23(7-5-22)40-29(46)47)24-14-25(43-44(24)2)41-26(45)10-16-8-20(30(32,33)34)13-21(9-16)31(35,36)37/h8-9,11-15,22-23,40H,3-7,10H2,1-2H3,(H,46,47)(H,38,39,42)(H,41,43,45). The normalized spacial score (nSPS) is 17.0. The fourth-order valence-corrected chi connectivity index (χ4v) is 5.74. The number of anilines is 2. The van der Waals surface area contributed by atoms with Gasteiger partial charge in [-0.05, 0) is 73.6 Å². The van der Waals surface area contributed by atoms with Crippen molar-refractivity contribution in [2.24, 2.45) is 7.05 Å². The van der Waals surface area contributed by atoms with Gasteiger partial charge in [-0.25, -0.2) is 14.8 Å². The minimum atomic E-state index is -5.02. The molecule has 2 aromatic carbocycles. The van der Waals surface area contributed by atoms with E-state index in [1.807, 2.05) is 19.1 Å². The lowest BCUT2D eigenvalue weighted by Gasteiger charge is -2.28. The number of aryl methyl sites for hydroxylation is 2. The first-order valence-corrected chi connectivity index (χ1v) is 14.8. The molecular formula is C31H31F6N7O3. The van der Waals surface area contributed by atoms with Crippen molar-refractivity contribution >= 4 is 34.7 Å². The van der Waals surface area contributed by atoms with E-state index < -0.39 is 47.5 Å². The Hall–Kier alpha value is -4.89. The van der Waals surface area contributed by atoms with E-state index in [9.17, 15) is 35.9 Å². The second-order valence-electron chi connectivity index (χ2n) is 11.4. The van der Waals surface area contributed by atoms with Crippen LogP contribution in [0.15, 0.2) is 42.6 Å². The Bertz CT molecular complexity index is 1760. The summed E-state index contributed by atoms with van der Waals surface area (Å²) in [6.07, 6.45) is -6.55. The molecule has 10 nitrogen and oxygen atoms in total. The van der Waals surface area contributed by atoms with Gasteiger partial charge in [0.25, 0.3) is 0 Å². The largest absolute Gasteiger partial charge is 0.465 e. The molecule has 2 amide bonds. The number of amides is 2. The average molecular weight is 664 g/mol. The first kappa shape index (κ1) is 33.5. The SMILES string of the molecule is CCc1cc(-c2cc(NC(=O)Cc3cc(C(F)(F)F)cc(C(F)(F)F)c3)nn2C)cc2cnc(NC3CCC(NC(=O)O)CC3)nc12. The quantitative estimate of drug-likeness (QED) is 0.152. The average Bonchev–Trinajstić information content (AvgIpc) is 3.35. The van der Waals surface area contributed by atoms with Gasteiger partial charge in [-0.2, -0.15) is 31.4 Å². The van der Waals surface area contributed by atoms with Gasteiger partial charge in [-0.1, -0.05) is 6.92 Å². The second kappa shape index (κ2) is 13.1. The number of hydrogen-bond donors (Lipinski definition) is 4. The maximum absolute atomic E-state index is 13.2. The summed E-state index contributed by atoms with van der Waals surface area (Å²) < 4.78 is 80.9. The number of alkyl halides is 6. The maximum atomic E-state index is 13.2. The van der Waals surface area contributed by atoms with Crippen LogP contribution in [0.25, 0.3) is 22.2 Å². The van der Waals surface area contributed by atoms with Crippen LogP contribution in [0.4, 0.5) is 42.9 Å². The maximum Gasteiger partial charge on any atom is 0.416 e. The number of carbonyl (C=O) groups is 2. The van der Waals surface area contributed by atoms with E-state index in [1.54, 1.807) is 19.3 Å². The Morgan fingerprint density at radius 2 is 1.57 bits per heavy atom. The molecule has 0 aliphatic heterocycles. The Balaban J connectivity index is 1.31. The molecule has 1 fully saturated rings. The van der Waals surface area contributed by atoms with E-state index in [0.717, 1.165) is 34.9 Å². The third kappa shape index (κ3) is 8.10. The van der Waals surface area contributed by atoms with Gasteiger partial charge in [0.1, 0.15) is 0 Å². The number of benzene rings is 2. The number of carbonyl (C=O) groups excluding carboxylic acids is 1. The third-order valence-electron chi connectivity index (χ3n) is 7.99. The molecule has 0 unspecified atom stereocenters. The second-order valence-corrected chi connectivity index (χ2v) is 11.4. The molecule has 250 valence electrons. The third-order valence-corrected chi connectivity index (χ3v) is 7.99. The van der Waals surface area contributed by atoms with Crippen LogP contribution in [0.3, 0.4) is 0 Å². The van der Waals surface area contributed by atoms with Crippen molar-refractivity contribution < 1.29 is 41.0 Å². The van der Waals surface area contributed by atoms with E-state index in [2.05, 4.69) is 26.0 Å². The number of rotatable bonds is 8. The van der Waals surface area contributed by atoms with Crippen molar-refractivity contribution in [1.82, 2.24) is 25.1 Å². The first-order valence-electron chi connectivity index (χ1n) is 14.8. The van der Waals surface area contributed by atoms with Crippen molar-refractivity contribution in [3.63, 3.8) is 0 Å². The van der Waals surface area contributed by atoms with Crippen LogP contribution in [0.5, 0.6) is 0 Å². The summed E-state index contributed by atoms with van der Waals surface area (Å²) in [5.74, 6) is -0.309.